The lowest BCUT2D eigenvalue weighted by Gasteiger charge is -2.21. The lowest BCUT2D eigenvalue weighted by Crippen LogP contribution is -2.35. The van der Waals surface area contributed by atoms with Gasteiger partial charge in [-0.3, -0.25) is 0 Å². The van der Waals surface area contributed by atoms with E-state index in [-0.39, 0.29) is 11.4 Å². The van der Waals surface area contributed by atoms with Crippen LogP contribution in [0.25, 0.3) is 0 Å². The molecule has 0 spiro atoms. The van der Waals surface area contributed by atoms with E-state index in [2.05, 4.69) is 41.6 Å². The number of nitrogens with one attached hydrogen (secondary N) is 1. The average Bonchev–Trinajstić information content (AvgIpc) is 2.75. The molecule has 0 unspecified atom stereocenters. The minimum absolute atomic E-state index is 0.0272. The number of halogens is 1. The second-order valence-electron chi connectivity index (χ2n) is 5.52. The number of benzene rings is 1. The maximum Gasteiger partial charge on any atom is 0.213 e. The van der Waals surface area contributed by atoms with Gasteiger partial charge in [0.25, 0.3) is 0 Å². The van der Waals surface area contributed by atoms with E-state index in [1.54, 1.807) is 13.1 Å². The van der Waals surface area contributed by atoms with Gasteiger partial charge in [-0.1, -0.05) is 12.1 Å². The maximum atomic E-state index is 14.1. The molecule has 0 aliphatic heterocycles. The highest BCUT2D eigenvalue weighted by Crippen LogP contribution is 2.31. The summed E-state index contributed by atoms with van der Waals surface area (Å²) in [5.74, 6) is -0.258. The number of aryl methyl sites for hydroxylation is 1. The minimum Gasteiger partial charge on any atom is -0.308 e. The van der Waals surface area contributed by atoms with Crippen molar-refractivity contribution in [3.8, 4) is 0 Å². The normalized spacial score (nSPS) is 11.8. The molecule has 2 rings (SSSR count). The second kappa shape index (κ2) is 5.88. The van der Waals surface area contributed by atoms with Gasteiger partial charge in [-0.25, -0.2) is 9.07 Å². The van der Waals surface area contributed by atoms with E-state index < -0.39 is 0 Å². The van der Waals surface area contributed by atoms with Gasteiger partial charge in [-0.2, -0.15) is 0 Å². The van der Waals surface area contributed by atoms with Gasteiger partial charge in [0.1, 0.15) is 5.82 Å². The van der Waals surface area contributed by atoms with Gasteiger partial charge >= 0.3 is 0 Å². The lowest BCUT2D eigenvalue weighted by molar-refractivity contribution is 0.421. The molecule has 0 saturated heterocycles. The van der Waals surface area contributed by atoms with Crippen LogP contribution in [0.4, 0.5) is 4.39 Å². The topological polar surface area (TPSA) is 55.6 Å². The third-order valence-corrected chi connectivity index (χ3v) is 3.82. The summed E-state index contributed by atoms with van der Waals surface area (Å²) in [6, 6.07) is 5.08. The molecule has 20 heavy (non-hydrogen) atoms. The monoisotopic (exact) mass is 295 g/mol. The highest BCUT2D eigenvalue weighted by Gasteiger charge is 2.16. The molecule has 2 aromatic rings. The molecule has 7 heteroatoms. The standard InChI is InChI=1S/C13H18FN5S/c1-13(2,3)15-8-9-6-5-7-10(14)11(9)20-12-16-17-18-19(12)4/h5-7,15H,8H2,1-4H3. The molecular weight excluding hydrogens is 277 g/mol. The molecule has 1 N–H and O–H groups in total. The van der Waals surface area contributed by atoms with Gasteiger partial charge in [0.2, 0.25) is 5.16 Å². The highest BCUT2D eigenvalue weighted by molar-refractivity contribution is 7.99. The van der Waals surface area contributed by atoms with Gasteiger partial charge in [0, 0.05) is 19.1 Å². The first-order chi connectivity index (χ1) is 9.37. The largest absolute Gasteiger partial charge is 0.308 e. The Morgan fingerprint density at radius 2 is 2.10 bits per heavy atom. The lowest BCUT2D eigenvalue weighted by atomic mass is 10.1. The van der Waals surface area contributed by atoms with E-state index in [1.807, 2.05) is 6.07 Å². The van der Waals surface area contributed by atoms with Crippen molar-refractivity contribution in [1.82, 2.24) is 25.5 Å². The molecule has 1 heterocycles. The van der Waals surface area contributed by atoms with Gasteiger partial charge in [0.05, 0.1) is 4.90 Å². The van der Waals surface area contributed by atoms with Crippen LogP contribution in [0.2, 0.25) is 0 Å². The number of hydrogen-bond acceptors (Lipinski definition) is 5. The third-order valence-electron chi connectivity index (χ3n) is 2.63. The molecule has 0 aliphatic rings. The van der Waals surface area contributed by atoms with E-state index in [0.29, 0.717) is 16.6 Å². The van der Waals surface area contributed by atoms with E-state index in [4.69, 9.17) is 0 Å². The summed E-state index contributed by atoms with van der Waals surface area (Å²) in [6.45, 7) is 6.82. The average molecular weight is 295 g/mol. The Morgan fingerprint density at radius 1 is 1.35 bits per heavy atom. The van der Waals surface area contributed by atoms with Crippen LogP contribution < -0.4 is 5.32 Å². The van der Waals surface area contributed by atoms with Crippen LogP contribution in [-0.2, 0) is 13.6 Å². The fraction of sp³-hybridized carbons (Fsp3) is 0.462. The molecule has 108 valence electrons. The second-order valence-corrected chi connectivity index (χ2v) is 6.50. The summed E-state index contributed by atoms with van der Waals surface area (Å²) in [6.07, 6.45) is 0. The number of tetrazole rings is 1. The van der Waals surface area contributed by atoms with Crippen molar-refractivity contribution < 1.29 is 4.39 Å². The molecule has 0 fully saturated rings. The van der Waals surface area contributed by atoms with Crippen molar-refractivity contribution in [2.24, 2.45) is 7.05 Å². The van der Waals surface area contributed by atoms with Crippen LogP contribution >= 0.6 is 11.8 Å². The molecule has 0 saturated carbocycles. The Balaban J connectivity index is 2.25. The summed E-state index contributed by atoms with van der Waals surface area (Å²) >= 11 is 1.24. The molecule has 1 aromatic heterocycles. The molecule has 0 amide bonds. The van der Waals surface area contributed by atoms with Crippen molar-refractivity contribution in [1.29, 1.82) is 0 Å². The molecule has 0 atom stereocenters. The van der Waals surface area contributed by atoms with E-state index in [1.165, 1.54) is 22.5 Å². The first kappa shape index (κ1) is 14.9. The van der Waals surface area contributed by atoms with Crippen LogP contribution in [0.15, 0.2) is 28.3 Å². The number of rotatable bonds is 4. The quantitative estimate of drug-likeness (QED) is 0.938. The van der Waals surface area contributed by atoms with Crippen molar-refractivity contribution >= 4 is 11.8 Å². The smallest absolute Gasteiger partial charge is 0.213 e. The zero-order chi connectivity index (χ0) is 14.8. The summed E-state index contributed by atoms with van der Waals surface area (Å²) in [5, 5.41) is 15.1. The highest BCUT2D eigenvalue weighted by atomic mass is 32.2. The van der Waals surface area contributed by atoms with Crippen LogP contribution in [-0.4, -0.2) is 25.7 Å². The van der Waals surface area contributed by atoms with Crippen LogP contribution in [0, 0.1) is 5.82 Å². The first-order valence-electron chi connectivity index (χ1n) is 6.29. The van der Waals surface area contributed by atoms with E-state index >= 15 is 0 Å². The Morgan fingerprint density at radius 3 is 2.70 bits per heavy atom. The maximum absolute atomic E-state index is 14.1. The number of hydrogen-bond donors (Lipinski definition) is 1. The molecular formula is C13H18FN5S. The summed E-state index contributed by atoms with van der Waals surface area (Å²) < 4.78 is 15.6. The Bertz CT molecular complexity index is 591. The molecule has 0 radical (unpaired) electrons. The van der Waals surface area contributed by atoms with Crippen LogP contribution in [0.1, 0.15) is 26.3 Å². The Labute approximate surface area is 122 Å². The Hall–Kier alpha value is -1.47. The molecule has 0 aliphatic carbocycles. The van der Waals surface area contributed by atoms with E-state index in [0.717, 1.165) is 5.56 Å². The van der Waals surface area contributed by atoms with E-state index in [9.17, 15) is 4.39 Å². The van der Waals surface area contributed by atoms with Crippen LogP contribution in [0.3, 0.4) is 0 Å². The first-order valence-corrected chi connectivity index (χ1v) is 7.11. The number of aromatic nitrogens is 4. The third kappa shape index (κ3) is 3.77. The van der Waals surface area contributed by atoms with Crippen molar-refractivity contribution in [3.05, 3.63) is 29.6 Å². The zero-order valence-corrected chi connectivity index (χ0v) is 12.8. The predicted molar refractivity (Wildman–Crippen MR) is 75.9 cm³/mol. The number of nitrogens with zero attached hydrogens (tertiary/aromatic N) is 4. The molecule has 0 bridgehead atoms. The van der Waals surface area contributed by atoms with Crippen LogP contribution in [0.5, 0.6) is 0 Å². The van der Waals surface area contributed by atoms with Gasteiger partial charge in [-0.05, 0) is 54.6 Å². The summed E-state index contributed by atoms with van der Waals surface area (Å²) in [7, 11) is 1.73. The summed E-state index contributed by atoms with van der Waals surface area (Å²) in [5.41, 5.74) is 0.869. The fourth-order valence-electron chi connectivity index (χ4n) is 1.57. The van der Waals surface area contributed by atoms with Crippen molar-refractivity contribution in [2.45, 2.75) is 42.9 Å². The van der Waals surface area contributed by atoms with Gasteiger partial charge in [0.15, 0.2) is 0 Å². The van der Waals surface area contributed by atoms with Gasteiger partial charge < -0.3 is 5.32 Å². The zero-order valence-electron chi connectivity index (χ0n) is 12.0. The SMILES string of the molecule is Cn1nnnc1Sc1c(F)cccc1CNC(C)(C)C. The fourth-order valence-corrected chi connectivity index (χ4v) is 2.43. The van der Waals surface area contributed by atoms with Gasteiger partial charge in [-0.15, -0.1) is 5.10 Å². The predicted octanol–water partition coefficient (Wildman–Crippen LogP) is 2.39. The Kier molecular flexibility index (Phi) is 4.39. The molecule has 5 nitrogen and oxygen atoms in total. The molecule has 1 aromatic carbocycles. The summed E-state index contributed by atoms with van der Waals surface area (Å²) in [4.78, 5) is 0.558. The van der Waals surface area contributed by atoms with Crippen molar-refractivity contribution in [3.63, 3.8) is 0 Å². The van der Waals surface area contributed by atoms with Crippen molar-refractivity contribution in [2.75, 3.05) is 0 Å². The minimum atomic E-state index is -0.258.